The molecule has 1 atom stereocenters. The molecule has 4 aromatic carbocycles. The third kappa shape index (κ3) is 4.67. The molecule has 1 fully saturated rings. The summed E-state index contributed by atoms with van der Waals surface area (Å²) < 4.78 is 20.6. The first-order valence-corrected chi connectivity index (χ1v) is 17.6. The number of hydrogen-bond donors (Lipinski definition) is 0. The van der Waals surface area contributed by atoms with E-state index in [-0.39, 0.29) is 11.5 Å². The summed E-state index contributed by atoms with van der Waals surface area (Å²) in [5.41, 5.74) is -0.916. The molecular weight excluding hydrogens is 588 g/mol. The van der Waals surface area contributed by atoms with Crippen LogP contribution < -0.4 is 20.8 Å². The van der Waals surface area contributed by atoms with Gasteiger partial charge in [-0.15, -0.1) is 0 Å². The molecule has 0 aliphatic carbocycles. The van der Waals surface area contributed by atoms with E-state index in [1.807, 2.05) is 54.6 Å². The van der Waals surface area contributed by atoms with E-state index in [4.69, 9.17) is 4.74 Å². The molecule has 0 N–H and O–H groups in total. The maximum absolute atomic E-state index is 15.2. The van der Waals surface area contributed by atoms with Crippen LogP contribution in [0.25, 0.3) is 0 Å². The van der Waals surface area contributed by atoms with Crippen LogP contribution in [0.4, 0.5) is 10.1 Å². The van der Waals surface area contributed by atoms with Crippen molar-refractivity contribution in [2.45, 2.75) is 38.5 Å². The fourth-order valence-electron chi connectivity index (χ4n) is 5.69. The first-order valence-electron chi connectivity index (χ1n) is 13.3. The molecule has 40 heavy (non-hydrogen) atoms. The second-order valence-electron chi connectivity index (χ2n) is 11.0. The topological polar surface area (TPSA) is 46.6 Å². The molecule has 4 aromatic rings. The fraction of sp³-hybridized carbons (Fsp3) is 0.212. The van der Waals surface area contributed by atoms with Gasteiger partial charge in [-0.05, 0) is 0 Å². The van der Waals surface area contributed by atoms with Gasteiger partial charge in [-0.3, -0.25) is 0 Å². The standard InChI is InChI=1S/C33H32BrFNO3P/c1-33(2,3)39-32(38)28-20-19-24(23-29(28)35)36-22-21-30(31(36)37)40(34,25-13-7-4-8-14-25,26-15-9-5-10-16-26)27-17-11-6-12-18-27/h4-20,23,30H,21-22H2,1-3H3. The molecule has 1 aliphatic heterocycles. The van der Waals surface area contributed by atoms with Crippen molar-refractivity contribution in [3.8, 4) is 0 Å². The number of hydrogen-bond acceptors (Lipinski definition) is 3. The minimum atomic E-state index is -3.57. The van der Waals surface area contributed by atoms with E-state index in [1.54, 1.807) is 31.7 Å². The van der Waals surface area contributed by atoms with Gasteiger partial charge in [-0.2, -0.15) is 0 Å². The SMILES string of the molecule is CC(C)(C)OC(=O)c1ccc(N2CCC(P(Br)(c3ccccc3)(c3ccccc3)c3ccccc3)C2=O)cc1F. The zero-order valence-corrected chi connectivity index (χ0v) is 25.2. The van der Waals surface area contributed by atoms with Gasteiger partial charge < -0.3 is 0 Å². The molecule has 206 valence electrons. The Hall–Kier alpha value is -3.34. The number of amides is 1. The van der Waals surface area contributed by atoms with Crippen molar-refractivity contribution in [2.24, 2.45) is 0 Å². The number of halogens is 2. The van der Waals surface area contributed by atoms with Gasteiger partial charge in [0.25, 0.3) is 0 Å². The Labute approximate surface area is 242 Å². The van der Waals surface area contributed by atoms with Crippen molar-refractivity contribution in [2.75, 3.05) is 11.4 Å². The zero-order valence-electron chi connectivity index (χ0n) is 22.8. The Morgan fingerprint density at radius 2 is 1.32 bits per heavy atom. The monoisotopic (exact) mass is 619 g/mol. The molecule has 1 unspecified atom stereocenters. The van der Waals surface area contributed by atoms with Crippen LogP contribution >= 0.6 is 20.8 Å². The van der Waals surface area contributed by atoms with E-state index in [2.05, 4.69) is 51.9 Å². The average Bonchev–Trinajstić information content (AvgIpc) is 3.35. The maximum atomic E-state index is 15.2. The molecule has 0 spiro atoms. The van der Waals surface area contributed by atoms with Gasteiger partial charge in [0.2, 0.25) is 0 Å². The molecule has 0 aromatic heterocycles. The van der Waals surface area contributed by atoms with Crippen LogP contribution in [-0.2, 0) is 9.53 Å². The van der Waals surface area contributed by atoms with Gasteiger partial charge in [-0.1, -0.05) is 0 Å². The van der Waals surface area contributed by atoms with Gasteiger partial charge in [0.15, 0.2) is 0 Å². The van der Waals surface area contributed by atoms with E-state index in [9.17, 15) is 9.59 Å². The molecule has 1 aliphatic rings. The third-order valence-electron chi connectivity index (χ3n) is 7.43. The summed E-state index contributed by atoms with van der Waals surface area (Å²) in [4.78, 5) is 28.7. The molecule has 0 saturated carbocycles. The molecule has 0 radical (unpaired) electrons. The van der Waals surface area contributed by atoms with Crippen molar-refractivity contribution >= 4 is 54.3 Å². The predicted molar refractivity (Wildman–Crippen MR) is 166 cm³/mol. The third-order valence-corrected chi connectivity index (χ3v) is 18.2. The number of esters is 1. The van der Waals surface area contributed by atoms with Crippen LogP contribution in [0.3, 0.4) is 0 Å². The van der Waals surface area contributed by atoms with E-state index in [1.165, 1.54) is 12.1 Å². The van der Waals surface area contributed by atoms with E-state index < -0.39 is 28.4 Å². The summed E-state index contributed by atoms with van der Waals surface area (Å²) in [7, 11) is 0. The Bertz CT molecular complexity index is 1440. The average molecular weight is 620 g/mol. The van der Waals surface area contributed by atoms with Gasteiger partial charge in [0.05, 0.1) is 0 Å². The summed E-state index contributed by atoms with van der Waals surface area (Å²) in [6, 6.07) is 34.8. The summed E-state index contributed by atoms with van der Waals surface area (Å²) in [5, 5.41) is -0.413. The van der Waals surface area contributed by atoms with Gasteiger partial charge in [0, 0.05) is 0 Å². The number of carbonyl (C=O) groups excluding carboxylic acids is 2. The van der Waals surface area contributed by atoms with Crippen LogP contribution in [0.15, 0.2) is 109 Å². The summed E-state index contributed by atoms with van der Waals surface area (Å²) in [6.07, 6.45) is 0.566. The van der Waals surface area contributed by atoms with Gasteiger partial charge in [0.1, 0.15) is 0 Å². The Morgan fingerprint density at radius 3 is 1.75 bits per heavy atom. The normalized spacial score (nSPS) is 16.8. The summed E-state index contributed by atoms with van der Waals surface area (Å²) >= 11 is 4.41. The second-order valence-corrected chi connectivity index (χ2v) is 19.8. The van der Waals surface area contributed by atoms with E-state index in [0.29, 0.717) is 18.7 Å². The molecule has 1 saturated heterocycles. The Kier molecular flexibility index (Phi) is 7.45. The van der Waals surface area contributed by atoms with Gasteiger partial charge >= 0.3 is 243 Å². The predicted octanol–water partition coefficient (Wildman–Crippen LogP) is 6.73. The number of anilines is 1. The first-order chi connectivity index (χ1) is 19.0. The van der Waals surface area contributed by atoms with E-state index in [0.717, 1.165) is 15.9 Å². The van der Waals surface area contributed by atoms with Crippen molar-refractivity contribution in [1.29, 1.82) is 0 Å². The molecular formula is C33H32BrFNO3P. The Balaban J connectivity index is 1.63. The second kappa shape index (κ2) is 10.6. The van der Waals surface area contributed by atoms with Crippen LogP contribution in [0, 0.1) is 5.82 Å². The number of rotatable bonds is 6. The molecule has 1 amide bonds. The Morgan fingerprint density at radius 1 is 0.850 bits per heavy atom. The van der Waals surface area contributed by atoms with Gasteiger partial charge in [-0.25, -0.2) is 0 Å². The number of benzene rings is 4. The fourth-order valence-corrected chi connectivity index (χ4v) is 14.3. The number of nitrogens with zero attached hydrogens (tertiary/aromatic N) is 1. The molecule has 5 rings (SSSR count). The molecule has 7 heteroatoms. The van der Waals surface area contributed by atoms with Crippen LogP contribution in [0.5, 0.6) is 0 Å². The summed E-state index contributed by atoms with van der Waals surface area (Å²) in [5.74, 6) is -1.53. The van der Waals surface area contributed by atoms with Crippen LogP contribution in [-0.4, -0.2) is 29.7 Å². The van der Waals surface area contributed by atoms with Crippen LogP contribution in [0.2, 0.25) is 0 Å². The summed E-state index contributed by atoms with van der Waals surface area (Å²) in [6.45, 7) is 5.63. The van der Waals surface area contributed by atoms with Crippen LogP contribution in [0.1, 0.15) is 37.6 Å². The zero-order chi connectivity index (χ0) is 28.6. The molecule has 0 bridgehead atoms. The number of ether oxygens (including phenoxy) is 1. The van der Waals surface area contributed by atoms with Crippen molar-refractivity contribution in [3.05, 3.63) is 121 Å². The van der Waals surface area contributed by atoms with E-state index >= 15 is 4.39 Å². The van der Waals surface area contributed by atoms with Crippen molar-refractivity contribution in [3.63, 3.8) is 0 Å². The molecule has 1 heterocycles. The number of carbonyl (C=O) groups is 2. The van der Waals surface area contributed by atoms with Crippen molar-refractivity contribution < 1.29 is 18.7 Å². The minimum absolute atomic E-state index is 0.0875. The van der Waals surface area contributed by atoms with Crippen molar-refractivity contribution in [1.82, 2.24) is 0 Å². The first kappa shape index (κ1) is 28.2. The molecule has 4 nitrogen and oxygen atoms in total. The quantitative estimate of drug-likeness (QED) is 0.178.